The van der Waals surface area contributed by atoms with E-state index in [1.165, 1.54) is 35.2 Å². The molecule has 1 saturated heterocycles. The predicted molar refractivity (Wildman–Crippen MR) is 108 cm³/mol. The van der Waals surface area contributed by atoms with Gasteiger partial charge in [-0.1, -0.05) is 18.2 Å². The SMILES string of the molecule is Cc1ccc(N2CC(C(=O)NCCNC(=O)Cc3ccc(F)cc3)CC2=O)c(F)c1. The van der Waals surface area contributed by atoms with Crippen LogP contribution in [0.2, 0.25) is 0 Å². The number of anilines is 1. The van der Waals surface area contributed by atoms with E-state index in [0.29, 0.717) is 5.56 Å². The molecule has 1 fully saturated rings. The molecule has 0 spiro atoms. The van der Waals surface area contributed by atoms with Gasteiger partial charge in [-0.15, -0.1) is 0 Å². The Morgan fingerprint density at radius 3 is 2.47 bits per heavy atom. The van der Waals surface area contributed by atoms with E-state index in [2.05, 4.69) is 10.6 Å². The molecule has 1 atom stereocenters. The third-order valence-electron chi connectivity index (χ3n) is 4.91. The molecular formula is C22H23F2N3O3. The zero-order chi connectivity index (χ0) is 21.7. The van der Waals surface area contributed by atoms with Gasteiger partial charge in [0.2, 0.25) is 17.7 Å². The van der Waals surface area contributed by atoms with Crippen molar-refractivity contribution in [1.82, 2.24) is 10.6 Å². The van der Waals surface area contributed by atoms with Crippen LogP contribution in [0.25, 0.3) is 0 Å². The highest BCUT2D eigenvalue weighted by molar-refractivity contribution is 6.00. The minimum absolute atomic E-state index is 0.01000. The number of halogens is 2. The molecule has 3 amide bonds. The number of carbonyl (C=O) groups excluding carboxylic acids is 3. The van der Waals surface area contributed by atoms with Crippen molar-refractivity contribution in [2.45, 2.75) is 19.8 Å². The van der Waals surface area contributed by atoms with E-state index in [9.17, 15) is 23.2 Å². The van der Waals surface area contributed by atoms with Gasteiger partial charge >= 0.3 is 0 Å². The number of carbonyl (C=O) groups is 3. The summed E-state index contributed by atoms with van der Waals surface area (Å²) in [6.45, 7) is 2.30. The molecule has 0 bridgehead atoms. The first kappa shape index (κ1) is 21.4. The van der Waals surface area contributed by atoms with Gasteiger partial charge in [-0.25, -0.2) is 8.78 Å². The van der Waals surface area contributed by atoms with Gasteiger partial charge in [0.1, 0.15) is 11.6 Å². The second-order valence-corrected chi connectivity index (χ2v) is 7.30. The van der Waals surface area contributed by atoms with Gasteiger partial charge in [0.05, 0.1) is 18.0 Å². The van der Waals surface area contributed by atoms with Crippen LogP contribution in [-0.2, 0) is 20.8 Å². The molecular weight excluding hydrogens is 392 g/mol. The van der Waals surface area contributed by atoms with Crippen molar-refractivity contribution < 1.29 is 23.2 Å². The molecule has 2 aromatic rings. The lowest BCUT2D eigenvalue weighted by Gasteiger charge is -2.18. The van der Waals surface area contributed by atoms with Crippen LogP contribution in [0.3, 0.4) is 0 Å². The Balaban J connectivity index is 1.42. The molecule has 8 heteroatoms. The third-order valence-corrected chi connectivity index (χ3v) is 4.91. The molecule has 1 heterocycles. The van der Waals surface area contributed by atoms with E-state index in [1.54, 1.807) is 19.1 Å². The van der Waals surface area contributed by atoms with E-state index in [1.807, 2.05) is 0 Å². The first-order valence-electron chi connectivity index (χ1n) is 9.69. The monoisotopic (exact) mass is 415 g/mol. The van der Waals surface area contributed by atoms with Crippen molar-refractivity contribution in [3.05, 3.63) is 65.2 Å². The van der Waals surface area contributed by atoms with Crippen LogP contribution in [-0.4, -0.2) is 37.4 Å². The Kier molecular flexibility index (Phi) is 6.76. The van der Waals surface area contributed by atoms with Crippen molar-refractivity contribution >= 4 is 23.4 Å². The number of aryl methyl sites for hydroxylation is 1. The lowest BCUT2D eigenvalue weighted by Crippen LogP contribution is -2.38. The fraction of sp³-hybridized carbons (Fsp3) is 0.318. The second kappa shape index (κ2) is 9.47. The normalized spacial score (nSPS) is 15.9. The van der Waals surface area contributed by atoms with Crippen LogP contribution < -0.4 is 15.5 Å². The summed E-state index contributed by atoms with van der Waals surface area (Å²) < 4.78 is 27.0. The average molecular weight is 415 g/mol. The second-order valence-electron chi connectivity index (χ2n) is 7.30. The fourth-order valence-electron chi connectivity index (χ4n) is 3.33. The van der Waals surface area contributed by atoms with Crippen LogP contribution in [0.4, 0.5) is 14.5 Å². The summed E-state index contributed by atoms with van der Waals surface area (Å²) in [5.74, 6) is -2.29. The van der Waals surface area contributed by atoms with E-state index in [-0.39, 0.29) is 61.7 Å². The zero-order valence-corrected chi connectivity index (χ0v) is 16.6. The van der Waals surface area contributed by atoms with Crippen LogP contribution in [0, 0.1) is 24.5 Å². The lowest BCUT2D eigenvalue weighted by atomic mass is 10.1. The molecule has 0 aliphatic carbocycles. The van der Waals surface area contributed by atoms with Crippen molar-refractivity contribution in [3.63, 3.8) is 0 Å². The third kappa shape index (κ3) is 5.40. The minimum atomic E-state index is -0.576. The largest absolute Gasteiger partial charge is 0.354 e. The summed E-state index contributed by atoms with van der Waals surface area (Å²) in [5, 5.41) is 5.37. The minimum Gasteiger partial charge on any atom is -0.354 e. The molecule has 1 aliphatic rings. The highest BCUT2D eigenvalue weighted by Crippen LogP contribution is 2.28. The molecule has 158 valence electrons. The molecule has 0 radical (unpaired) electrons. The standard InChI is InChI=1S/C22H23F2N3O3/c1-14-2-7-19(18(24)10-14)27-13-16(12-21(27)29)22(30)26-9-8-25-20(28)11-15-3-5-17(23)6-4-15/h2-7,10,16H,8-9,11-13H2,1H3,(H,25,28)(H,26,30). The van der Waals surface area contributed by atoms with Crippen molar-refractivity contribution in [2.24, 2.45) is 5.92 Å². The maximum Gasteiger partial charge on any atom is 0.227 e. The summed E-state index contributed by atoms with van der Waals surface area (Å²) in [6, 6.07) is 10.3. The van der Waals surface area contributed by atoms with Gasteiger partial charge in [-0.3, -0.25) is 14.4 Å². The Labute approximate surface area is 173 Å². The van der Waals surface area contributed by atoms with Crippen molar-refractivity contribution in [3.8, 4) is 0 Å². The summed E-state index contributed by atoms with van der Waals surface area (Å²) in [6.07, 6.45) is 0.124. The van der Waals surface area contributed by atoms with Crippen LogP contribution in [0.5, 0.6) is 0 Å². The zero-order valence-electron chi connectivity index (χ0n) is 16.6. The van der Waals surface area contributed by atoms with Gasteiger partial charge < -0.3 is 15.5 Å². The Morgan fingerprint density at radius 2 is 1.77 bits per heavy atom. The Bertz CT molecular complexity index is 947. The molecule has 30 heavy (non-hydrogen) atoms. The van der Waals surface area contributed by atoms with Crippen molar-refractivity contribution in [1.29, 1.82) is 0 Å². The first-order valence-corrected chi connectivity index (χ1v) is 9.69. The van der Waals surface area contributed by atoms with Crippen LogP contribution >= 0.6 is 0 Å². The molecule has 2 N–H and O–H groups in total. The molecule has 0 saturated carbocycles. The number of hydrogen-bond donors (Lipinski definition) is 2. The summed E-state index contributed by atoms with van der Waals surface area (Å²) in [7, 11) is 0. The van der Waals surface area contributed by atoms with E-state index in [0.717, 1.165) is 5.56 Å². The predicted octanol–water partition coefficient (Wildman–Crippen LogP) is 2.10. The Morgan fingerprint density at radius 1 is 1.07 bits per heavy atom. The lowest BCUT2D eigenvalue weighted by molar-refractivity contribution is -0.126. The average Bonchev–Trinajstić information content (AvgIpc) is 3.08. The molecule has 3 rings (SSSR count). The van der Waals surface area contributed by atoms with Gasteiger partial charge in [0, 0.05) is 26.1 Å². The highest BCUT2D eigenvalue weighted by Gasteiger charge is 2.36. The van der Waals surface area contributed by atoms with Crippen molar-refractivity contribution in [2.75, 3.05) is 24.5 Å². The maximum atomic E-state index is 14.2. The fourth-order valence-corrected chi connectivity index (χ4v) is 3.33. The number of hydrogen-bond acceptors (Lipinski definition) is 3. The summed E-state index contributed by atoms with van der Waals surface area (Å²) in [4.78, 5) is 37.8. The number of amides is 3. The molecule has 1 unspecified atom stereocenters. The van der Waals surface area contributed by atoms with E-state index in [4.69, 9.17) is 0 Å². The van der Waals surface area contributed by atoms with Gasteiger partial charge in [0.25, 0.3) is 0 Å². The summed E-state index contributed by atoms with van der Waals surface area (Å²) >= 11 is 0. The highest BCUT2D eigenvalue weighted by atomic mass is 19.1. The van der Waals surface area contributed by atoms with Gasteiger partial charge in [-0.2, -0.15) is 0 Å². The van der Waals surface area contributed by atoms with Gasteiger partial charge in [0.15, 0.2) is 0 Å². The number of nitrogens with one attached hydrogen (secondary N) is 2. The van der Waals surface area contributed by atoms with Crippen LogP contribution in [0.1, 0.15) is 17.5 Å². The Hall–Kier alpha value is -3.29. The van der Waals surface area contributed by atoms with Gasteiger partial charge in [-0.05, 0) is 42.3 Å². The quantitative estimate of drug-likeness (QED) is 0.680. The molecule has 0 aromatic heterocycles. The number of rotatable bonds is 7. The molecule has 6 nitrogen and oxygen atoms in total. The van der Waals surface area contributed by atoms with E-state index >= 15 is 0 Å². The molecule has 1 aliphatic heterocycles. The summed E-state index contributed by atoms with van der Waals surface area (Å²) in [5.41, 5.74) is 1.61. The topological polar surface area (TPSA) is 78.5 Å². The first-order chi connectivity index (χ1) is 14.3. The number of benzene rings is 2. The number of nitrogens with zero attached hydrogens (tertiary/aromatic N) is 1. The van der Waals surface area contributed by atoms with E-state index < -0.39 is 11.7 Å². The smallest absolute Gasteiger partial charge is 0.227 e. The maximum absolute atomic E-state index is 14.2. The molecule has 2 aromatic carbocycles. The van der Waals surface area contributed by atoms with Crippen LogP contribution in [0.15, 0.2) is 42.5 Å².